The monoisotopic (exact) mass is 381 g/mol. The number of rotatable bonds is 7. The van der Waals surface area contributed by atoms with Crippen molar-refractivity contribution >= 4 is 45.4 Å². The molecule has 0 bridgehead atoms. The van der Waals surface area contributed by atoms with E-state index in [0.29, 0.717) is 12.3 Å². The van der Waals surface area contributed by atoms with E-state index >= 15 is 0 Å². The highest BCUT2D eigenvalue weighted by atomic mass is 79.9. The van der Waals surface area contributed by atoms with Crippen LogP contribution in [0.1, 0.15) is 0 Å². The van der Waals surface area contributed by atoms with Gasteiger partial charge in [-0.05, 0) is 40.2 Å². The Morgan fingerprint density at radius 1 is 1.00 bits per heavy atom. The van der Waals surface area contributed by atoms with E-state index in [9.17, 15) is 4.79 Å². The normalized spacial score (nSPS) is 10.3. The van der Waals surface area contributed by atoms with E-state index in [2.05, 4.69) is 33.4 Å². The molecule has 0 aliphatic heterocycles. The minimum atomic E-state index is 0.0735. The summed E-state index contributed by atoms with van der Waals surface area (Å²) >= 11 is 6.77. The molecule has 0 aliphatic rings. The molecule has 21 heavy (non-hydrogen) atoms. The third-order valence-corrected chi connectivity index (χ3v) is 5.67. The van der Waals surface area contributed by atoms with Gasteiger partial charge in [0.15, 0.2) is 0 Å². The van der Waals surface area contributed by atoms with Crippen molar-refractivity contribution < 1.29 is 4.79 Å². The van der Waals surface area contributed by atoms with Crippen LogP contribution in [0.15, 0.2) is 68.9 Å². The average Bonchev–Trinajstić information content (AvgIpc) is 2.52. The summed E-state index contributed by atoms with van der Waals surface area (Å²) in [7, 11) is 0. The number of amides is 1. The van der Waals surface area contributed by atoms with Crippen molar-refractivity contribution in [3.63, 3.8) is 0 Å². The van der Waals surface area contributed by atoms with Crippen molar-refractivity contribution in [2.24, 2.45) is 0 Å². The number of benzene rings is 2. The highest BCUT2D eigenvalue weighted by Gasteiger charge is 2.04. The van der Waals surface area contributed by atoms with Crippen LogP contribution in [0.25, 0.3) is 0 Å². The summed E-state index contributed by atoms with van der Waals surface area (Å²) in [4.78, 5) is 14.1. The standard InChI is InChI=1S/C16H16BrNOS2/c17-14-8-4-5-9-15(14)21-12-16(19)18-10-11-20-13-6-2-1-3-7-13/h1-9H,10-12H2,(H,18,19). The molecule has 0 unspecified atom stereocenters. The molecule has 2 aromatic rings. The fourth-order valence-corrected chi connectivity index (χ4v) is 3.82. The SMILES string of the molecule is O=C(CSc1ccccc1Br)NCCSc1ccccc1. The lowest BCUT2D eigenvalue weighted by Gasteiger charge is -2.06. The van der Waals surface area contributed by atoms with Gasteiger partial charge in [0.05, 0.1) is 5.75 Å². The number of nitrogens with one attached hydrogen (secondary N) is 1. The van der Waals surface area contributed by atoms with Gasteiger partial charge < -0.3 is 5.32 Å². The van der Waals surface area contributed by atoms with E-state index < -0.39 is 0 Å². The molecule has 0 fully saturated rings. The van der Waals surface area contributed by atoms with Crippen LogP contribution >= 0.6 is 39.5 Å². The van der Waals surface area contributed by atoms with Gasteiger partial charge >= 0.3 is 0 Å². The second-order valence-electron chi connectivity index (χ2n) is 4.23. The fourth-order valence-electron chi connectivity index (χ4n) is 1.63. The molecule has 110 valence electrons. The van der Waals surface area contributed by atoms with Crippen molar-refractivity contribution in [2.45, 2.75) is 9.79 Å². The zero-order valence-electron chi connectivity index (χ0n) is 11.4. The lowest BCUT2D eigenvalue weighted by molar-refractivity contribution is -0.118. The first-order valence-corrected chi connectivity index (χ1v) is 9.34. The predicted molar refractivity (Wildman–Crippen MR) is 95.0 cm³/mol. The molecule has 2 nitrogen and oxygen atoms in total. The van der Waals surface area contributed by atoms with E-state index in [1.54, 1.807) is 23.5 Å². The zero-order valence-corrected chi connectivity index (χ0v) is 14.6. The molecule has 0 radical (unpaired) electrons. The van der Waals surface area contributed by atoms with Crippen LogP contribution in [0.2, 0.25) is 0 Å². The molecular formula is C16H16BrNOS2. The molecule has 0 atom stereocenters. The van der Waals surface area contributed by atoms with Crippen molar-refractivity contribution in [3.05, 3.63) is 59.1 Å². The summed E-state index contributed by atoms with van der Waals surface area (Å²) in [6.45, 7) is 0.689. The van der Waals surface area contributed by atoms with Crippen LogP contribution in [0.4, 0.5) is 0 Å². The van der Waals surface area contributed by atoms with E-state index in [1.807, 2.05) is 42.5 Å². The number of hydrogen-bond acceptors (Lipinski definition) is 3. The van der Waals surface area contributed by atoms with Crippen molar-refractivity contribution in [3.8, 4) is 0 Å². The Kier molecular flexibility index (Phi) is 7.19. The molecule has 5 heteroatoms. The number of carbonyl (C=O) groups is 1. The highest BCUT2D eigenvalue weighted by Crippen LogP contribution is 2.26. The van der Waals surface area contributed by atoms with Gasteiger partial charge in [-0.25, -0.2) is 0 Å². The Balaban J connectivity index is 1.63. The van der Waals surface area contributed by atoms with Crippen LogP contribution in [0, 0.1) is 0 Å². The van der Waals surface area contributed by atoms with Crippen molar-refractivity contribution in [2.75, 3.05) is 18.1 Å². The second kappa shape index (κ2) is 9.18. The lowest BCUT2D eigenvalue weighted by atomic mass is 10.4. The average molecular weight is 382 g/mol. The molecule has 0 saturated heterocycles. The molecule has 0 aromatic heterocycles. The number of carbonyl (C=O) groups excluding carboxylic acids is 1. The molecule has 2 rings (SSSR count). The predicted octanol–water partition coefficient (Wildman–Crippen LogP) is 4.45. The summed E-state index contributed by atoms with van der Waals surface area (Å²) in [6.07, 6.45) is 0. The van der Waals surface area contributed by atoms with Crippen LogP contribution < -0.4 is 5.32 Å². The summed E-state index contributed by atoms with van der Waals surface area (Å²) in [5.74, 6) is 1.40. The maximum Gasteiger partial charge on any atom is 0.230 e. The minimum absolute atomic E-state index is 0.0735. The highest BCUT2D eigenvalue weighted by molar-refractivity contribution is 9.10. The summed E-state index contributed by atoms with van der Waals surface area (Å²) in [6, 6.07) is 18.1. The molecule has 0 heterocycles. The van der Waals surface area contributed by atoms with Gasteiger partial charge in [-0.1, -0.05) is 30.3 Å². The van der Waals surface area contributed by atoms with Gasteiger partial charge in [0.2, 0.25) is 5.91 Å². The Bertz CT molecular complexity index is 577. The molecule has 0 aliphatic carbocycles. The molecule has 0 spiro atoms. The van der Waals surface area contributed by atoms with Crippen LogP contribution in [0.5, 0.6) is 0 Å². The topological polar surface area (TPSA) is 29.1 Å². The summed E-state index contributed by atoms with van der Waals surface area (Å²) < 4.78 is 1.03. The van der Waals surface area contributed by atoms with Crippen LogP contribution in [0.3, 0.4) is 0 Å². The van der Waals surface area contributed by atoms with E-state index in [4.69, 9.17) is 0 Å². The first-order chi connectivity index (χ1) is 10.3. The molecule has 1 N–H and O–H groups in total. The largest absolute Gasteiger partial charge is 0.355 e. The Hall–Kier alpha value is -0.910. The third-order valence-electron chi connectivity index (χ3n) is 2.63. The van der Waals surface area contributed by atoms with Crippen molar-refractivity contribution in [1.29, 1.82) is 0 Å². The summed E-state index contributed by atoms with van der Waals surface area (Å²) in [5, 5.41) is 2.95. The smallest absolute Gasteiger partial charge is 0.230 e. The Morgan fingerprint density at radius 2 is 1.71 bits per heavy atom. The zero-order chi connectivity index (χ0) is 14.9. The molecule has 1 amide bonds. The van der Waals surface area contributed by atoms with E-state index in [0.717, 1.165) is 15.1 Å². The number of halogens is 1. The van der Waals surface area contributed by atoms with Gasteiger partial charge in [-0.3, -0.25) is 4.79 Å². The quantitative estimate of drug-likeness (QED) is 0.567. The second-order valence-corrected chi connectivity index (χ2v) is 7.27. The van der Waals surface area contributed by atoms with Gasteiger partial charge in [0, 0.05) is 26.6 Å². The maximum atomic E-state index is 11.8. The number of thioether (sulfide) groups is 2. The first kappa shape index (κ1) is 16.5. The van der Waals surface area contributed by atoms with E-state index in [1.165, 1.54) is 4.90 Å². The van der Waals surface area contributed by atoms with Crippen molar-refractivity contribution in [1.82, 2.24) is 5.32 Å². The minimum Gasteiger partial charge on any atom is -0.355 e. The summed E-state index contributed by atoms with van der Waals surface area (Å²) in [5.41, 5.74) is 0. The first-order valence-electron chi connectivity index (χ1n) is 6.57. The maximum absolute atomic E-state index is 11.8. The van der Waals surface area contributed by atoms with Gasteiger partial charge in [0.1, 0.15) is 0 Å². The van der Waals surface area contributed by atoms with Gasteiger partial charge in [0.25, 0.3) is 0 Å². The molecule has 0 saturated carbocycles. The lowest BCUT2D eigenvalue weighted by Crippen LogP contribution is -2.27. The van der Waals surface area contributed by atoms with Gasteiger partial charge in [-0.2, -0.15) is 0 Å². The fraction of sp³-hybridized carbons (Fsp3) is 0.188. The third kappa shape index (κ3) is 6.16. The Morgan fingerprint density at radius 3 is 2.48 bits per heavy atom. The van der Waals surface area contributed by atoms with Gasteiger partial charge in [-0.15, -0.1) is 23.5 Å². The Labute approximate surface area is 142 Å². The molecule has 2 aromatic carbocycles. The number of hydrogen-bond donors (Lipinski definition) is 1. The van der Waals surface area contributed by atoms with Crippen LogP contribution in [-0.2, 0) is 4.79 Å². The molecular weight excluding hydrogens is 366 g/mol. The van der Waals surface area contributed by atoms with E-state index in [-0.39, 0.29) is 5.91 Å². The van der Waals surface area contributed by atoms with Crippen LogP contribution in [-0.4, -0.2) is 24.0 Å².